The van der Waals surface area contributed by atoms with E-state index < -0.39 is 0 Å². The number of morpholine rings is 1. The number of rotatable bonds is 3. The number of benzene rings is 1. The Kier molecular flexibility index (Phi) is 4.53. The Bertz CT molecular complexity index is 852. The van der Waals surface area contributed by atoms with Gasteiger partial charge in [0.2, 0.25) is 0 Å². The van der Waals surface area contributed by atoms with E-state index >= 15 is 0 Å². The molecule has 1 aromatic carbocycles. The van der Waals surface area contributed by atoms with Crippen LogP contribution in [0.15, 0.2) is 42.2 Å². The van der Waals surface area contributed by atoms with Gasteiger partial charge < -0.3 is 19.7 Å². The summed E-state index contributed by atoms with van der Waals surface area (Å²) in [6.45, 7) is 1.72. The number of carbonyl (C=O) groups is 1. The maximum atomic E-state index is 13.0. The summed E-state index contributed by atoms with van der Waals surface area (Å²) in [5, 5.41) is 3.02. The number of amides is 1. The highest BCUT2D eigenvalue weighted by molar-refractivity contribution is 5.99. The summed E-state index contributed by atoms with van der Waals surface area (Å²) in [6.07, 6.45) is 4.87. The van der Waals surface area contributed by atoms with Crippen LogP contribution in [-0.4, -0.2) is 54.1 Å². The third kappa shape index (κ3) is 3.13. The van der Waals surface area contributed by atoms with Crippen LogP contribution in [0.1, 0.15) is 17.4 Å². The molecule has 3 heterocycles. The van der Waals surface area contributed by atoms with Crippen molar-refractivity contribution in [2.75, 3.05) is 38.7 Å². The third-order valence-corrected chi connectivity index (χ3v) is 4.53. The van der Waals surface area contributed by atoms with Gasteiger partial charge in [-0.1, -0.05) is 18.2 Å². The first-order valence-corrected chi connectivity index (χ1v) is 8.58. The van der Waals surface area contributed by atoms with Crippen molar-refractivity contribution < 1.29 is 14.3 Å². The SMILES string of the molecule is CNc1nccnc1[C@H]1CN(C(=O)C2=Cc3ccccc3OC2)CCO1. The van der Waals surface area contributed by atoms with Gasteiger partial charge in [-0.05, 0) is 12.1 Å². The molecule has 2 aliphatic heterocycles. The Morgan fingerprint density at radius 1 is 1.27 bits per heavy atom. The Morgan fingerprint density at radius 2 is 2.12 bits per heavy atom. The largest absolute Gasteiger partial charge is 0.488 e. The number of fused-ring (bicyclic) bond motifs is 1. The normalized spacial score (nSPS) is 19.2. The van der Waals surface area contributed by atoms with E-state index in [2.05, 4.69) is 15.3 Å². The van der Waals surface area contributed by atoms with Gasteiger partial charge in [0, 0.05) is 31.5 Å². The lowest BCUT2D eigenvalue weighted by Crippen LogP contribution is -2.44. The molecule has 0 radical (unpaired) electrons. The molecular weight excluding hydrogens is 332 g/mol. The van der Waals surface area contributed by atoms with Crippen LogP contribution < -0.4 is 10.1 Å². The van der Waals surface area contributed by atoms with Crippen LogP contribution in [0.4, 0.5) is 5.82 Å². The van der Waals surface area contributed by atoms with Crippen molar-refractivity contribution in [2.45, 2.75) is 6.10 Å². The number of anilines is 1. The number of aromatic nitrogens is 2. The van der Waals surface area contributed by atoms with E-state index in [-0.39, 0.29) is 18.6 Å². The minimum Gasteiger partial charge on any atom is -0.488 e. The van der Waals surface area contributed by atoms with Crippen molar-refractivity contribution in [3.63, 3.8) is 0 Å². The van der Waals surface area contributed by atoms with Gasteiger partial charge >= 0.3 is 0 Å². The van der Waals surface area contributed by atoms with Gasteiger partial charge in [-0.2, -0.15) is 0 Å². The molecule has 0 unspecified atom stereocenters. The lowest BCUT2D eigenvalue weighted by atomic mass is 10.1. The van der Waals surface area contributed by atoms with Gasteiger partial charge in [0.15, 0.2) is 0 Å². The fraction of sp³-hybridized carbons (Fsp3) is 0.316. The Labute approximate surface area is 151 Å². The first kappa shape index (κ1) is 16.5. The summed E-state index contributed by atoms with van der Waals surface area (Å²) < 4.78 is 11.6. The molecule has 2 aliphatic rings. The van der Waals surface area contributed by atoms with Crippen molar-refractivity contribution in [2.24, 2.45) is 0 Å². The van der Waals surface area contributed by atoms with Crippen LogP contribution in [0.25, 0.3) is 6.08 Å². The molecule has 1 N–H and O–H groups in total. The second-order valence-corrected chi connectivity index (χ2v) is 6.15. The van der Waals surface area contributed by atoms with Crippen LogP contribution in [0, 0.1) is 0 Å². The van der Waals surface area contributed by atoms with Crippen molar-refractivity contribution in [1.82, 2.24) is 14.9 Å². The van der Waals surface area contributed by atoms with Crippen LogP contribution >= 0.6 is 0 Å². The summed E-state index contributed by atoms with van der Waals surface area (Å²) in [5.41, 5.74) is 2.29. The maximum absolute atomic E-state index is 13.0. The number of para-hydroxylation sites is 1. The number of hydrogen-bond donors (Lipinski definition) is 1. The molecule has 7 heteroatoms. The molecule has 0 spiro atoms. The van der Waals surface area contributed by atoms with E-state index in [0.717, 1.165) is 11.3 Å². The molecule has 1 atom stereocenters. The van der Waals surface area contributed by atoms with Gasteiger partial charge in [-0.3, -0.25) is 9.78 Å². The quantitative estimate of drug-likeness (QED) is 0.909. The highest BCUT2D eigenvalue weighted by atomic mass is 16.5. The molecule has 0 aliphatic carbocycles. The molecule has 1 aromatic heterocycles. The molecule has 26 heavy (non-hydrogen) atoms. The Balaban J connectivity index is 1.53. The summed E-state index contributed by atoms with van der Waals surface area (Å²) in [5.74, 6) is 1.45. The molecule has 134 valence electrons. The van der Waals surface area contributed by atoms with Crippen molar-refractivity contribution >= 4 is 17.8 Å². The van der Waals surface area contributed by atoms with Gasteiger partial charge in [-0.25, -0.2) is 4.98 Å². The maximum Gasteiger partial charge on any atom is 0.253 e. The average Bonchev–Trinajstić information content (AvgIpc) is 2.73. The second kappa shape index (κ2) is 7.13. The second-order valence-electron chi connectivity index (χ2n) is 6.15. The summed E-state index contributed by atoms with van der Waals surface area (Å²) >= 11 is 0. The predicted molar refractivity (Wildman–Crippen MR) is 96.8 cm³/mol. The fourth-order valence-corrected chi connectivity index (χ4v) is 3.22. The minimum absolute atomic E-state index is 0.0253. The van der Waals surface area contributed by atoms with Gasteiger partial charge in [0.05, 0.1) is 18.7 Å². The summed E-state index contributed by atoms with van der Waals surface area (Å²) in [7, 11) is 1.79. The van der Waals surface area contributed by atoms with Crippen LogP contribution in [0.2, 0.25) is 0 Å². The number of hydrogen-bond acceptors (Lipinski definition) is 6. The molecular formula is C19H20N4O3. The minimum atomic E-state index is -0.304. The third-order valence-electron chi connectivity index (χ3n) is 4.53. The fourth-order valence-electron chi connectivity index (χ4n) is 3.22. The highest BCUT2D eigenvalue weighted by Gasteiger charge is 2.30. The van der Waals surface area contributed by atoms with E-state index in [0.29, 0.717) is 36.8 Å². The highest BCUT2D eigenvalue weighted by Crippen LogP contribution is 2.29. The monoisotopic (exact) mass is 352 g/mol. The van der Waals surface area contributed by atoms with Gasteiger partial charge in [0.25, 0.3) is 5.91 Å². The van der Waals surface area contributed by atoms with E-state index in [9.17, 15) is 4.79 Å². The molecule has 7 nitrogen and oxygen atoms in total. The van der Waals surface area contributed by atoms with Crippen LogP contribution in [-0.2, 0) is 9.53 Å². The summed E-state index contributed by atoms with van der Waals surface area (Å²) in [4.78, 5) is 23.4. The summed E-state index contributed by atoms with van der Waals surface area (Å²) in [6, 6.07) is 7.71. The van der Waals surface area contributed by atoms with E-state index in [4.69, 9.17) is 9.47 Å². The molecule has 4 rings (SSSR count). The topological polar surface area (TPSA) is 76.6 Å². The Hall–Kier alpha value is -2.93. The van der Waals surface area contributed by atoms with Crippen molar-refractivity contribution in [1.29, 1.82) is 0 Å². The van der Waals surface area contributed by atoms with Gasteiger partial charge in [0.1, 0.15) is 30.0 Å². The first-order valence-electron chi connectivity index (χ1n) is 8.58. The zero-order chi connectivity index (χ0) is 17.9. The molecule has 1 amide bonds. The molecule has 0 bridgehead atoms. The molecule has 1 fully saturated rings. The smallest absolute Gasteiger partial charge is 0.253 e. The van der Waals surface area contributed by atoms with E-state index in [1.54, 1.807) is 24.3 Å². The van der Waals surface area contributed by atoms with Crippen molar-refractivity contribution in [3.05, 3.63) is 53.5 Å². The van der Waals surface area contributed by atoms with Crippen LogP contribution in [0.3, 0.4) is 0 Å². The van der Waals surface area contributed by atoms with Crippen LogP contribution in [0.5, 0.6) is 5.75 Å². The first-order chi connectivity index (χ1) is 12.8. The lowest BCUT2D eigenvalue weighted by molar-refractivity contribution is -0.135. The zero-order valence-electron chi connectivity index (χ0n) is 14.5. The zero-order valence-corrected chi connectivity index (χ0v) is 14.5. The predicted octanol–water partition coefficient (Wildman–Crippen LogP) is 1.89. The number of nitrogens with zero attached hydrogens (tertiary/aromatic N) is 3. The molecule has 1 saturated heterocycles. The molecule has 2 aromatic rings. The van der Waals surface area contributed by atoms with Crippen molar-refractivity contribution in [3.8, 4) is 5.75 Å². The molecule has 0 saturated carbocycles. The number of ether oxygens (including phenoxy) is 2. The van der Waals surface area contributed by atoms with Gasteiger partial charge in [-0.15, -0.1) is 0 Å². The standard InChI is InChI=1S/C19H20N4O3/c1-20-18-17(21-6-7-22-18)16-11-23(8-9-25-16)19(24)14-10-13-4-2-3-5-15(13)26-12-14/h2-7,10,16H,8-9,11-12H2,1H3,(H,20,22)/t16-/m1/s1. The number of nitrogens with one attached hydrogen (secondary N) is 1. The van der Waals surface area contributed by atoms with E-state index in [1.807, 2.05) is 30.3 Å². The average molecular weight is 352 g/mol. The van der Waals surface area contributed by atoms with E-state index in [1.165, 1.54) is 0 Å². The Morgan fingerprint density at radius 3 is 3.00 bits per heavy atom. The number of carbonyl (C=O) groups excluding carboxylic acids is 1. The lowest BCUT2D eigenvalue weighted by Gasteiger charge is -2.34.